The first kappa shape index (κ1) is 31.3. The van der Waals surface area contributed by atoms with Crippen LogP contribution in [0.25, 0.3) is 49.4 Å². The largest absolute Gasteiger partial charge is 0.380 e. The second-order valence-electron chi connectivity index (χ2n) is 14.6. The first-order valence-electron chi connectivity index (χ1n) is 18.7. The Labute approximate surface area is 311 Å². The summed E-state index contributed by atoms with van der Waals surface area (Å²) in [5.41, 5.74) is 12.9. The SMILES string of the molecule is Cc1ccc(-c2ccc(C3=c4ccccc4=C(c4cccc(C5=CNC(c6ccc7ccccc7c6)C=C5)c4)C4C=CC=CC34)c3ccccc23)cc1. The number of aryl methyl sites for hydroxylation is 1. The second-order valence-corrected chi connectivity index (χ2v) is 14.6. The fraction of sp³-hybridized carbons (Fsp3) is 0.0769. The summed E-state index contributed by atoms with van der Waals surface area (Å²) in [6.45, 7) is 2.15. The summed E-state index contributed by atoms with van der Waals surface area (Å²) in [5.74, 6) is 0.419. The van der Waals surface area contributed by atoms with E-state index >= 15 is 0 Å². The highest BCUT2D eigenvalue weighted by molar-refractivity contribution is 6.03. The zero-order valence-electron chi connectivity index (χ0n) is 29.7. The zero-order valence-corrected chi connectivity index (χ0v) is 29.7. The van der Waals surface area contributed by atoms with Crippen molar-refractivity contribution in [3.8, 4) is 11.1 Å². The summed E-state index contributed by atoms with van der Waals surface area (Å²) < 4.78 is 0. The molecule has 0 saturated carbocycles. The lowest BCUT2D eigenvalue weighted by Crippen LogP contribution is -2.40. The van der Waals surface area contributed by atoms with E-state index in [2.05, 4.69) is 207 Å². The Hall–Kier alpha value is -6.44. The Bertz CT molecular complexity index is 2830. The van der Waals surface area contributed by atoms with E-state index in [1.165, 1.54) is 87.6 Å². The lowest BCUT2D eigenvalue weighted by atomic mass is 9.69. The first-order valence-corrected chi connectivity index (χ1v) is 18.7. The number of dihydropyridines is 1. The van der Waals surface area contributed by atoms with Crippen LogP contribution in [0.1, 0.15) is 33.9 Å². The minimum absolute atomic E-state index is 0.141. The van der Waals surface area contributed by atoms with E-state index in [0.717, 1.165) is 0 Å². The summed E-state index contributed by atoms with van der Waals surface area (Å²) in [4.78, 5) is 0. The van der Waals surface area contributed by atoms with Gasteiger partial charge in [-0.15, -0.1) is 0 Å². The lowest BCUT2D eigenvalue weighted by Gasteiger charge is -2.34. The fourth-order valence-corrected chi connectivity index (χ4v) is 8.80. The van der Waals surface area contributed by atoms with E-state index in [9.17, 15) is 0 Å². The third kappa shape index (κ3) is 5.48. The van der Waals surface area contributed by atoms with Gasteiger partial charge in [0.15, 0.2) is 0 Å². The molecule has 0 radical (unpaired) electrons. The highest BCUT2D eigenvalue weighted by Gasteiger charge is 2.32. The highest BCUT2D eigenvalue weighted by Crippen LogP contribution is 2.43. The van der Waals surface area contributed by atoms with Gasteiger partial charge < -0.3 is 5.32 Å². The van der Waals surface area contributed by atoms with Crippen molar-refractivity contribution < 1.29 is 0 Å². The number of rotatable bonds is 5. The van der Waals surface area contributed by atoms with E-state index in [1.807, 2.05) is 0 Å². The van der Waals surface area contributed by atoms with Crippen molar-refractivity contribution >= 4 is 38.3 Å². The van der Waals surface area contributed by atoms with Crippen molar-refractivity contribution in [3.05, 3.63) is 233 Å². The lowest BCUT2D eigenvalue weighted by molar-refractivity contribution is 0.687. The molecule has 1 heterocycles. The summed E-state index contributed by atoms with van der Waals surface area (Å²) in [6.07, 6.45) is 16.1. The number of fused-ring (bicyclic) bond motifs is 4. The van der Waals surface area contributed by atoms with Gasteiger partial charge in [-0.1, -0.05) is 182 Å². The molecule has 1 N–H and O–H groups in total. The van der Waals surface area contributed by atoms with Gasteiger partial charge in [0.2, 0.25) is 0 Å². The Kier molecular flexibility index (Phi) is 7.65. The van der Waals surface area contributed by atoms with Gasteiger partial charge in [0.05, 0.1) is 6.04 Å². The van der Waals surface area contributed by atoms with Crippen LogP contribution in [0.5, 0.6) is 0 Å². The Morgan fingerprint density at radius 1 is 0.472 bits per heavy atom. The molecule has 1 nitrogen and oxygen atoms in total. The summed E-state index contributed by atoms with van der Waals surface area (Å²) in [6, 6.07) is 56.2. The van der Waals surface area contributed by atoms with Crippen molar-refractivity contribution in [2.24, 2.45) is 11.8 Å². The number of benzene rings is 7. The molecule has 2 aliphatic carbocycles. The predicted octanol–water partition coefficient (Wildman–Crippen LogP) is 11.0. The van der Waals surface area contributed by atoms with Crippen molar-refractivity contribution in [1.29, 1.82) is 0 Å². The average Bonchev–Trinajstić information content (AvgIpc) is 3.23. The van der Waals surface area contributed by atoms with Gasteiger partial charge in [-0.25, -0.2) is 0 Å². The summed E-state index contributed by atoms with van der Waals surface area (Å²) >= 11 is 0. The molecule has 0 amide bonds. The maximum absolute atomic E-state index is 3.68. The van der Waals surface area contributed by atoms with Crippen molar-refractivity contribution in [3.63, 3.8) is 0 Å². The molecular weight excluding hydrogens is 639 g/mol. The monoisotopic (exact) mass is 677 g/mol. The first-order chi connectivity index (χ1) is 26.2. The maximum atomic E-state index is 3.68. The van der Waals surface area contributed by atoms with E-state index in [4.69, 9.17) is 0 Å². The molecule has 0 fully saturated rings. The predicted molar refractivity (Wildman–Crippen MR) is 223 cm³/mol. The number of nitrogens with one attached hydrogen (secondary N) is 1. The quantitative estimate of drug-likeness (QED) is 0.191. The van der Waals surface area contributed by atoms with Crippen LogP contribution in [0.2, 0.25) is 0 Å². The van der Waals surface area contributed by atoms with Crippen molar-refractivity contribution in [1.82, 2.24) is 5.32 Å². The zero-order chi connectivity index (χ0) is 35.3. The molecule has 3 unspecified atom stereocenters. The third-order valence-corrected chi connectivity index (χ3v) is 11.4. The minimum Gasteiger partial charge on any atom is -0.380 e. The van der Waals surface area contributed by atoms with Gasteiger partial charge in [0.25, 0.3) is 0 Å². The van der Waals surface area contributed by atoms with Crippen LogP contribution in [-0.2, 0) is 0 Å². The molecule has 252 valence electrons. The highest BCUT2D eigenvalue weighted by atomic mass is 14.9. The molecule has 0 saturated heterocycles. The standard InChI is InChI=1S/C52H39N/c1-34-21-23-36(24-22-34)42-28-29-49(44-16-5-4-15-43(42)44)52-47-19-8-6-17-45(47)51(46-18-7-9-20-48(46)52)40-14-10-13-38(32-40)41-27-30-50(53-33-41)39-26-25-35-11-2-3-12-37(35)31-39/h2-33,45,47,50,53H,1H3. The molecule has 0 spiro atoms. The normalized spacial score (nSPS) is 18.8. The smallest absolute Gasteiger partial charge is 0.0696 e. The maximum Gasteiger partial charge on any atom is 0.0696 e. The molecule has 7 aromatic rings. The molecule has 10 rings (SSSR count). The topological polar surface area (TPSA) is 12.0 Å². The summed E-state index contributed by atoms with van der Waals surface area (Å²) in [7, 11) is 0. The molecule has 1 heteroatoms. The van der Waals surface area contributed by atoms with Gasteiger partial charge in [-0.3, -0.25) is 0 Å². The minimum atomic E-state index is 0.141. The van der Waals surface area contributed by atoms with Crippen LogP contribution >= 0.6 is 0 Å². The number of allylic oxidation sites excluding steroid dienone is 6. The van der Waals surface area contributed by atoms with Gasteiger partial charge in [0, 0.05) is 18.0 Å². The van der Waals surface area contributed by atoms with E-state index in [1.54, 1.807) is 0 Å². The number of hydrogen-bond donors (Lipinski definition) is 1. The molecule has 1 aliphatic heterocycles. The van der Waals surface area contributed by atoms with E-state index in [0.29, 0.717) is 0 Å². The van der Waals surface area contributed by atoms with E-state index in [-0.39, 0.29) is 17.9 Å². The molecule has 3 atom stereocenters. The Morgan fingerprint density at radius 2 is 1.13 bits per heavy atom. The molecule has 53 heavy (non-hydrogen) atoms. The molecular formula is C52H39N. The van der Waals surface area contributed by atoms with Gasteiger partial charge >= 0.3 is 0 Å². The van der Waals surface area contributed by atoms with Crippen LogP contribution in [0.4, 0.5) is 0 Å². The van der Waals surface area contributed by atoms with Crippen molar-refractivity contribution in [2.45, 2.75) is 13.0 Å². The van der Waals surface area contributed by atoms with Gasteiger partial charge in [0.1, 0.15) is 0 Å². The Balaban J connectivity index is 1.09. The third-order valence-electron chi connectivity index (χ3n) is 11.4. The van der Waals surface area contributed by atoms with Crippen LogP contribution in [0.3, 0.4) is 0 Å². The van der Waals surface area contributed by atoms with Crippen LogP contribution < -0.4 is 15.8 Å². The van der Waals surface area contributed by atoms with Crippen LogP contribution in [0, 0.1) is 18.8 Å². The molecule has 0 aromatic heterocycles. The Morgan fingerprint density at radius 3 is 1.91 bits per heavy atom. The molecule has 0 bridgehead atoms. The van der Waals surface area contributed by atoms with Crippen LogP contribution in [-0.4, -0.2) is 0 Å². The van der Waals surface area contributed by atoms with Gasteiger partial charge in [-0.05, 0) is 101 Å². The number of hydrogen-bond acceptors (Lipinski definition) is 1. The molecule has 3 aliphatic rings. The fourth-order valence-electron chi connectivity index (χ4n) is 8.80. The van der Waals surface area contributed by atoms with E-state index < -0.39 is 0 Å². The van der Waals surface area contributed by atoms with Gasteiger partial charge in [-0.2, -0.15) is 0 Å². The average molecular weight is 678 g/mol. The second kappa shape index (κ2) is 13.0. The summed E-state index contributed by atoms with van der Waals surface area (Å²) in [5, 5.41) is 11.4. The van der Waals surface area contributed by atoms with Crippen LogP contribution in [0.15, 0.2) is 194 Å². The van der Waals surface area contributed by atoms with Crippen molar-refractivity contribution in [2.75, 3.05) is 0 Å². The molecule has 7 aromatic carbocycles.